The number of nitro groups is 1. The van der Waals surface area contributed by atoms with Crippen LogP contribution in [-0.4, -0.2) is 44.8 Å². The van der Waals surface area contributed by atoms with E-state index in [1.54, 1.807) is 14.0 Å². The average Bonchev–Trinajstić information content (AvgIpc) is 2.35. The standard InChI is InChI=1S/C11H17N3O4S/c1-9-8-10(14(15)16)4-5-11(9)19(17,18)13(3)7-6-12-2/h4-5,8,12H,6-7H2,1-3H3. The summed E-state index contributed by atoms with van der Waals surface area (Å²) in [7, 11) is -0.400. The third-order valence-corrected chi connectivity index (χ3v) is 4.75. The molecular weight excluding hydrogens is 270 g/mol. The van der Waals surface area contributed by atoms with Gasteiger partial charge in [-0.15, -0.1) is 0 Å². The Labute approximate surface area is 112 Å². The van der Waals surface area contributed by atoms with Gasteiger partial charge in [0.15, 0.2) is 0 Å². The Bertz CT molecular complexity index is 571. The predicted molar refractivity (Wildman–Crippen MR) is 71.6 cm³/mol. The minimum Gasteiger partial charge on any atom is -0.318 e. The number of rotatable bonds is 6. The van der Waals surface area contributed by atoms with Crippen molar-refractivity contribution < 1.29 is 13.3 Å². The lowest BCUT2D eigenvalue weighted by molar-refractivity contribution is -0.385. The van der Waals surface area contributed by atoms with Crippen LogP contribution in [0.4, 0.5) is 5.69 Å². The molecule has 1 rings (SSSR count). The van der Waals surface area contributed by atoms with Crippen LogP contribution < -0.4 is 5.32 Å². The zero-order chi connectivity index (χ0) is 14.6. The zero-order valence-electron chi connectivity index (χ0n) is 11.1. The average molecular weight is 287 g/mol. The molecule has 0 bridgehead atoms. The fourth-order valence-electron chi connectivity index (χ4n) is 1.59. The first kappa shape index (κ1) is 15.5. The van der Waals surface area contributed by atoms with Crippen molar-refractivity contribution in [2.24, 2.45) is 0 Å². The van der Waals surface area contributed by atoms with Gasteiger partial charge in [-0.1, -0.05) is 0 Å². The first-order valence-corrected chi connectivity index (χ1v) is 7.10. The summed E-state index contributed by atoms with van der Waals surface area (Å²) in [5, 5.41) is 13.5. The van der Waals surface area contributed by atoms with Gasteiger partial charge in [-0.25, -0.2) is 8.42 Å². The molecule has 0 saturated heterocycles. The topological polar surface area (TPSA) is 92.6 Å². The highest BCUT2D eigenvalue weighted by Crippen LogP contribution is 2.23. The Kier molecular flexibility index (Phi) is 4.98. The van der Waals surface area contributed by atoms with E-state index in [2.05, 4.69) is 5.32 Å². The van der Waals surface area contributed by atoms with Crippen LogP contribution in [-0.2, 0) is 10.0 Å². The number of aryl methyl sites for hydroxylation is 1. The largest absolute Gasteiger partial charge is 0.318 e. The molecular formula is C11H17N3O4S. The second kappa shape index (κ2) is 6.09. The molecule has 0 aliphatic heterocycles. The van der Waals surface area contributed by atoms with Gasteiger partial charge in [-0.2, -0.15) is 4.31 Å². The van der Waals surface area contributed by atoms with E-state index in [4.69, 9.17) is 0 Å². The SMILES string of the molecule is CNCCN(C)S(=O)(=O)c1ccc([N+](=O)[O-])cc1C. The van der Waals surface area contributed by atoms with Crippen LogP contribution in [0.25, 0.3) is 0 Å². The van der Waals surface area contributed by atoms with Crippen LogP contribution in [0.15, 0.2) is 23.1 Å². The van der Waals surface area contributed by atoms with Gasteiger partial charge in [0.2, 0.25) is 10.0 Å². The first-order chi connectivity index (χ1) is 8.80. The number of non-ortho nitro benzene ring substituents is 1. The summed E-state index contributed by atoms with van der Waals surface area (Å²) >= 11 is 0. The molecule has 0 fully saturated rings. The van der Waals surface area contributed by atoms with E-state index in [0.29, 0.717) is 18.7 Å². The number of sulfonamides is 1. The second-order valence-electron chi connectivity index (χ2n) is 4.14. The Morgan fingerprint density at radius 3 is 2.53 bits per heavy atom. The molecule has 0 aliphatic carbocycles. The summed E-state index contributed by atoms with van der Waals surface area (Å²) in [5.74, 6) is 0. The van der Waals surface area contributed by atoms with E-state index in [-0.39, 0.29) is 10.6 Å². The highest BCUT2D eigenvalue weighted by Gasteiger charge is 2.23. The maximum Gasteiger partial charge on any atom is 0.269 e. The third kappa shape index (κ3) is 3.49. The van der Waals surface area contributed by atoms with Crippen LogP contribution in [0, 0.1) is 17.0 Å². The van der Waals surface area contributed by atoms with E-state index in [0.717, 1.165) is 0 Å². The Hall–Kier alpha value is -1.51. The monoisotopic (exact) mass is 287 g/mol. The van der Waals surface area contributed by atoms with E-state index in [1.165, 1.54) is 29.6 Å². The summed E-state index contributed by atoms with van der Waals surface area (Å²) < 4.78 is 25.8. The highest BCUT2D eigenvalue weighted by atomic mass is 32.2. The lowest BCUT2D eigenvalue weighted by Crippen LogP contribution is -2.33. The molecule has 0 aliphatic rings. The van der Waals surface area contributed by atoms with Gasteiger partial charge < -0.3 is 5.32 Å². The highest BCUT2D eigenvalue weighted by molar-refractivity contribution is 7.89. The molecule has 0 amide bonds. The predicted octanol–water partition coefficient (Wildman–Crippen LogP) is 0.743. The van der Waals surface area contributed by atoms with Crippen molar-refractivity contribution in [3.05, 3.63) is 33.9 Å². The smallest absolute Gasteiger partial charge is 0.269 e. The van der Waals surface area contributed by atoms with Crippen molar-refractivity contribution in [1.82, 2.24) is 9.62 Å². The van der Waals surface area contributed by atoms with Gasteiger partial charge in [-0.05, 0) is 25.6 Å². The molecule has 1 N–H and O–H groups in total. The Morgan fingerprint density at radius 2 is 2.05 bits per heavy atom. The van der Waals surface area contributed by atoms with Crippen molar-refractivity contribution in [2.45, 2.75) is 11.8 Å². The minimum atomic E-state index is -3.61. The summed E-state index contributed by atoms with van der Waals surface area (Å²) in [6, 6.07) is 3.74. The van der Waals surface area contributed by atoms with E-state index >= 15 is 0 Å². The van der Waals surface area contributed by atoms with Gasteiger partial charge in [0.1, 0.15) is 0 Å². The number of likely N-dealkylation sites (N-methyl/N-ethyl adjacent to an activating group) is 2. The van der Waals surface area contributed by atoms with Crippen molar-refractivity contribution >= 4 is 15.7 Å². The summed E-state index contributed by atoms with van der Waals surface area (Å²) in [5.41, 5.74) is 0.250. The normalized spacial score (nSPS) is 11.8. The summed E-state index contributed by atoms with van der Waals surface area (Å²) in [6.07, 6.45) is 0. The number of benzene rings is 1. The molecule has 0 aromatic heterocycles. The van der Waals surface area contributed by atoms with Gasteiger partial charge in [-0.3, -0.25) is 10.1 Å². The number of nitro benzene ring substituents is 1. The molecule has 0 radical (unpaired) electrons. The zero-order valence-corrected chi connectivity index (χ0v) is 11.9. The number of hydrogen-bond acceptors (Lipinski definition) is 5. The maximum absolute atomic E-state index is 12.3. The lowest BCUT2D eigenvalue weighted by Gasteiger charge is -2.18. The first-order valence-electron chi connectivity index (χ1n) is 5.66. The van der Waals surface area contributed by atoms with Gasteiger partial charge in [0.05, 0.1) is 9.82 Å². The van der Waals surface area contributed by atoms with E-state index in [9.17, 15) is 18.5 Å². The Balaban J connectivity index is 3.12. The molecule has 8 heteroatoms. The quantitative estimate of drug-likeness (QED) is 0.615. The fourth-order valence-corrected chi connectivity index (χ4v) is 2.97. The molecule has 1 aromatic rings. The van der Waals surface area contributed by atoms with Crippen LogP contribution in [0.2, 0.25) is 0 Å². The van der Waals surface area contributed by atoms with Gasteiger partial charge >= 0.3 is 0 Å². The van der Waals surface area contributed by atoms with E-state index in [1.807, 2.05) is 0 Å². The fraction of sp³-hybridized carbons (Fsp3) is 0.455. The molecule has 0 spiro atoms. The minimum absolute atomic E-state index is 0.0942. The van der Waals surface area contributed by atoms with Crippen LogP contribution >= 0.6 is 0 Å². The molecule has 0 atom stereocenters. The van der Waals surface area contributed by atoms with Crippen LogP contribution in [0.1, 0.15) is 5.56 Å². The molecule has 0 saturated carbocycles. The molecule has 1 aromatic carbocycles. The second-order valence-corrected chi connectivity index (χ2v) is 6.15. The number of nitrogens with one attached hydrogen (secondary N) is 1. The van der Waals surface area contributed by atoms with Crippen molar-refractivity contribution in [2.75, 3.05) is 27.2 Å². The maximum atomic E-state index is 12.3. The van der Waals surface area contributed by atoms with Crippen molar-refractivity contribution in [3.63, 3.8) is 0 Å². The molecule has 0 heterocycles. The van der Waals surface area contributed by atoms with Crippen LogP contribution in [0.5, 0.6) is 0 Å². The molecule has 106 valence electrons. The lowest BCUT2D eigenvalue weighted by atomic mass is 10.2. The Morgan fingerprint density at radius 1 is 1.42 bits per heavy atom. The van der Waals surface area contributed by atoms with Gasteiger partial charge in [0.25, 0.3) is 5.69 Å². The number of nitrogens with zero attached hydrogens (tertiary/aromatic N) is 2. The van der Waals surface area contributed by atoms with Crippen LogP contribution in [0.3, 0.4) is 0 Å². The molecule has 0 unspecified atom stereocenters. The van der Waals surface area contributed by atoms with Gasteiger partial charge in [0, 0.05) is 32.3 Å². The summed E-state index contributed by atoms with van der Waals surface area (Å²) in [6.45, 7) is 2.41. The van der Waals surface area contributed by atoms with Crippen molar-refractivity contribution in [1.29, 1.82) is 0 Å². The molecule has 19 heavy (non-hydrogen) atoms. The van der Waals surface area contributed by atoms with Crippen molar-refractivity contribution in [3.8, 4) is 0 Å². The van der Waals surface area contributed by atoms with E-state index < -0.39 is 14.9 Å². The third-order valence-electron chi connectivity index (χ3n) is 2.73. The summed E-state index contributed by atoms with van der Waals surface area (Å²) in [4.78, 5) is 10.2. The molecule has 7 nitrogen and oxygen atoms in total. The number of hydrogen-bond donors (Lipinski definition) is 1.